The number of nitrogens with one attached hydrogen (secondary N) is 1. The number of amides is 2. The summed E-state index contributed by atoms with van der Waals surface area (Å²) >= 11 is 0. The number of nitrogens with zero attached hydrogens (tertiary/aromatic N) is 2. The molecule has 0 radical (unpaired) electrons. The van der Waals surface area contributed by atoms with Gasteiger partial charge in [0.05, 0.1) is 12.5 Å². The molecule has 102 valence electrons. The summed E-state index contributed by atoms with van der Waals surface area (Å²) in [4.78, 5) is 35.6. The smallest absolute Gasteiger partial charge is 0.356 e. The Morgan fingerprint density at radius 2 is 2.37 bits per heavy atom. The zero-order chi connectivity index (χ0) is 14.0. The number of hydrogen-bond acceptors (Lipinski definition) is 5. The molecule has 2 heterocycles. The van der Waals surface area contributed by atoms with Crippen molar-refractivity contribution in [3.8, 4) is 0 Å². The highest BCUT2D eigenvalue weighted by Crippen LogP contribution is 2.23. The zero-order valence-corrected chi connectivity index (χ0v) is 10.4. The van der Waals surface area contributed by atoms with Crippen LogP contribution in [0.25, 0.3) is 0 Å². The summed E-state index contributed by atoms with van der Waals surface area (Å²) in [7, 11) is 0. The van der Waals surface area contributed by atoms with Gasteiger partial charge in [0.25, 0.3) is 0 Å². The molecule has 0 spiro atoms. The monoisotopic (exact) mass is 266 g/mol. The number of H-pyrrole nitrogens is 1. The first-order chi connectivity index (χ1) is 9.02. The van der Waals surface area contributed by atoms with E-state index in [2.05, 4.69) is 10.2 Å². The van der Waals surface area contributed by atoms with E-state index in [9.17, 15) is 14.4 Å². The number of primary amides is 1. The molecule has 0 bridgehead atoms. The topological polar surface area (TPSA) is 118 Å². The number of nitrogens with two attached hydrogens (primary N) is 1. The minimum absolute atomic E-state index is 0.0664. The molecule has 2 rings (SSSR count). The van der Waals surface area contributed by atoms with Crippen molar-refractivity contribution in [1.29, 1.82) is 0 Å². The summed E-state index contributed by atoms with van der Waals surface area (Å²) in [5, 5.41) is 6.37. The molecule has 0 aliphatic carbocycles. The van der Waals surface area contributed by atoms with Crippen molar-refractivity contribution >= 4 is 23.6 Å². The first kappa shape index (κ1) is 13.1. The average Bonchev–Trinajstić information content (AvgIpc) is 2.95. The van der Waals surface area contributed by atoms with Crippen LogP contribution in [0.2, 0.25) is 0 Å². The van der Waals surface area contributed by atoms with E-state index in [0.29, 0.717) is 0 Å². The molecule has 1 aliphatic heterocycles. The van der Waals surface area contributed by atoms with Crippen LogP contribution in [0.5, 0.6) is 0 Å². The van der Waals surface area contributed by atoms with E-state index < -0.39 is 17.8 Å². The van der Waals surface area contributed by atoms with Crippen molar-refractivity contribution in [3.05, 3.63) is 11.8 Å². The normalized spacial score (nSPS) is 18.7. The fraction of sp³-hybridized carbons (Fsp3) is 0.455. The lowest BCUT2D eigenvalue weighted by Crippen LogP contribution is -2.28. The second-order valence-electron chi connectivity index (χ2n) is 4.17. The van der Waals surface area contributed by atoms with Crippen molar-refractivity contribution < 1.29 is 19.1 Å². The second-order valence-corrected chi connectivity index (χ2v) is 4.17. The molecule has 19 heavy (non-hydrogen) atoms. The van der Waals surface area contributed by atoms with E-state index in [1.54, 1.807) is 6.92 Å². The molecule has 1 saturated heterocycles. The van der Waals surface area contributed by atoms with Gasteiger partial charge in [-0.3, -0.25) is 19.6 Å². The number of rotatable bonds is 4. The van der Waals surface area contributed by atoms with Gasteiger partial charge in [-0.2, -0.15) is 5.10 Å². The molecule has 8 heteroatoms. The van der Waals surface area contributed by atoms with E-state index in [0.717, 1.165) is 0 Å². The Morgan fingerprint density at radius 1 is 1.63 bits per heavy atom. The standard InChI is InChI=1S/C11H14N4O4/c1-2-19-11(18)7-4-8(14-13-7)15-5-6(10(12)17)3-9(15)16/h4,6H,2-3,5H2,1H3,(H2,12,17)(H,13,14). The lowest BCUT2D eigenvalue weighted by Gasteiger charge is -2.11. The van der Waals surface area contributed by atoms with Crippen LogP contribution in [0, 0.1) is 5.92 Å². The van der Waals surface area contributed by atoms with Crippen LogP contribution in [-0.2, 0) is 14.3 Å². The molecule has 0 aromatic carbocycles. The van der Waals surface area contributed by atoms with Gasteiger partial charge in [0.15, 0.2) is 5.82 Å². The number of ether oxygens (including phenoxy) is 1. The minimum Gasteiger partial charge on any atom is -0.461 e. The number of aromatic amines is 1. The van der Waals surface area contributed by atoms with Crippen LogP contribution in [0.4, 0.5) is 5.82 Å². The van der Waals surface area contributed by atoms with Gasteiger partial charge in [0, 0.05) is 19.0 Å². The number of esters is 1. The third kappa shape index (κ3) is 2.56. The highest BCUT2D eigenvalue weighted by atomic mass is 16.5. The van der Waals surface area contributed by atoms with Crippen LogP contribution in [-0.4, -0.2) is 41.1 Å². The van der Waals surface area contributed by atoms with Crippen molar-refractivity contribution in [2.75, 3.05) is 18.1 Å². The minimum atomic E-state index is -0.542. The van der Waals surface area contributed by atoms with Crippen molar-refractivity contribution in [3.63, 3.8) is 0 Å². The van der Waals surface area contributed by atoms with E-state index in [-0.39, 0.29) is 37.0 Å². The zero-order valence-electron chi connectivity index (χ0n) is 10.4. The SMILES string of the molecule is CCOC(=O)c1cc(N2CC(C(N)=O)CC2=O)n[nH]1. The molecule has 2 amide bonds. The van der Waals surface area contributed by atoms with Crippen molar-refractivity contribution in [2.45, 2.75) is 13.3 Å². The Labute approximate surface area is 108 Å². The molecule has 8 nitrogen and oxygen atoms in total. The summed E-state index contributed by atoms with van der Waals surface area (Å²) < 4.78 is 4.80. The maximum atomic E-state index is 11.7. The van der Waals surface area contributed by atoms with Crippen LogP contribution in [0.15, 0.2) is 6.07 Å². The number of hydrogen-bond donors (Lipinski definition) is 2. The summed E-state index contributed by atoms with van der Waals surface area (Å²) in [5.41, 5.74) is 5.33. The molecule has 3 N–H and O–H groups in total. The quantitative estimate of drug-likeness (QED) is 0.707. The largest absolute Gasteiger partial charge is 0.461 e. The number of aromatic nitrogens is 2. The Balaban J connectivity index is 2.13. The summed E-state index contributed by atoms with van der Waals surface area (Å²) in [6.45, 7) is 2.12. The van der Waals surface area contributed by atoms with E-state index in [1.165, 1.54) is 11.0 Å². The molecule has 1 aromatic heterocycles. The van der Waals surface area contributed by atoms with Crippen LogP contribution >= 0.6 is 0 Å². The highest BCUT2D eigenvalue weighted by Gasteiger charge is 2.35. The van der Waals surface area contributed by atoms with Crippen molar-refractivity contribution in [1.82, 2.24) is 10.2 Å². The van der Waals surface area contributed by atoms with Gasteiger partial charge in [-0.05, 0) is 6.92 Å². The highest BCUT2D eigenvalue weighted by molar-refractivity contribution is 6.00. The van der Waals surface area contributed by atoms with Crippen LogP contribution in [0.3, 0.4) is 0 Å². The Hall–Kier alpha value is -2.38. The molecule has 1 unspecified atom stereocenters. The lowest BCUT2D eigenvalue weighted by molar-refractivity contribution is -0.123. The van der Waals surface area contributed by atoms with Crippen molar-refractivity contribution in [2.24, 2.45) is 11.7 Å². The Bertz CT molecular complexity index is 525. The number of carbonyl (C=O) groups is 3. The number of carbonyl (C=O) groups excluding carboxylic acids is 3. The summed E-state index contributed by atoms with van der Waals surface area (Å²) in [6.07, 6.45) is 0.0664. The Morgan fingerprint density at radius 3 is 2.95 bits per heavy atom. The van der Waals surface area contributed by atoms with Gasteiger partial charge in [0.1, 0.15) is 5.69 Å². The maximum absolute atomic E-state index is 11.7. The fourth-order valence-electron chi connectivity index (χ4n) is 1.88. The predicted octanol–water partition coefficient (Wildman–Crippen LogP) is -0.575. The van der Waals surface area contributed by atoms with Crippen LogP contribution < -0.4 is 10.6 Å². The third-order valence-electron chi connectivity index (χ3n) is 2.86. The van der Waals surface area contributed by atoms with E-state index in [1.807, 2.05) is 0 Å². The molecule has 1 fully saturated rings. The summed E-state index contributed by atoms with van der Waals surface area (Å²) in [5.74, 6) is -1.53. The van der Waals surface area contributed by atoms with Gasteiger partial charge >= 0.3 is 5.97 Å². The average molecular weight is 266 g/mol. The molecular formula is C11H14N4O4. The van der Waals surface area contributed by atoms with Gasteiger partial charge in [-0.25, -0.2) is 4.79 Å². The lowest BCUT2D eigenvalue weighted by atomic mass is 10.1. The van der Waals surface area contributed by atoms with Crippen LogP contribution in [0.1, 0.15) is 23.8 Å². The van der Waals surface area contributed by atoms with Gasteiger partial charge in [-0.1, -0.05) is 0 Å². The van der Waals surface area contributed by atoms with Gasteiger partial charge in [0.2, 0.25) is 11.8 Å². The molecule has 0 saturated carbocycles. The molecule has 1 atom stereocenters. The molecule has 1 aliphatic rings. The van der Waals surface area contributed by atoms with E-state index >= 15 is 0 Å². The summed E-state index contributed by atoms with van der Waals surface area (Å²) in [6, 6.07) is 1.42. The first-order valence-electron chi connectivity index (χ1n) is 5.85. The Kier molecular flexibility index (Phi) is 3.50. The maximum Gasteiger partial charge on any atom is 0.356 e. The molecular weight excluding hydrogens is 252 g/mol. The van der Waals surface area contributed by atoms with Gasteiger partial charge in [-0.15, -0.1) is 0 Å². The third-order valence-corrected chi connectivity index (χ3v) is 2.86. The molecule has 1 aromatic rings. The number of anilines is 1. The first-order valence-corrected chi connectivity index (χ1v) is 5.85. The second kappa shape index (κ2) is 5.09. The fourth-order valence-corrected chi connectivity index (χ4v) is 1.88. The van der Waals surface area contributed by atoms with E-state index in [4.69, 9.17) is 10.5 Å². The van der Waals surface area contributed by atoms with Gasteiger partial charge < -0.3 is 10.5 Å². The predicted molar refractivity (Wildman–Crippen MR) is 64.2 cm³/mol.